The Morgan fingerprint density at radius 1 is 1.12 bits per heavy atom. The Kier molecular flexibility index (Phi) is 4.55. The van der Waals surface area contributed by atoms with E-state index in [2.05, 4.69) is 5.32 Å². The number of amides is 1. The first-order valence-corrected chi connectivity index (χ1v) is 8.99. The molecule has 0 aromatic heterocycles. The number of para-hydroxylation sites is 1. The van der Waals surface area contributed by atoms with Gasteiger partial charge in [-0.25, -0.2) is 8.42 Å². The first-order chi connectivity index (χ1) is 11.5. The molecule has 3 rings (SSSR count). The minimum atomic E-state index is -3.63. The molecule has 0 aliphatic carbocycles. The van der Waals surface area contributed by atoms with Crippen LogP contribution in [0.25, 0.3) is 0 Å². The van der Waals surface area contributed by atoms with Crippen LogP contribution in [0.2, 0.25) is 0 Å². The fraction of sp³-hybridized carbons (Fsp3) is 0.235. The molecular formula is C17H18N2O4S. The van der Waals surface area contributed by atoms with Gasteiger partial charge in [-0.3, -0.25) is 4.79 Å². The van der Waals surface area contributed by atoms with Crippen LogP contribution >= 0.6 is 0 Å². The van der Waals surface area contributed by atoms with Gasteiger partial charge in [0.1, 0.15) is 12.4 Å². The van der Waals surface area contributed by atoms with E-state index in [1.54, 1.807) is 12.1 Å². The van der Waals surface area contributed by atoms with Gasteiger partial charge in [0.25, 0.3) is 0 Å². The Morgan fingerprint density at radius 2 is 1.83 bits per heavy atom. The summed E-state index contributed by atoms with van der Waals surface area (Å²) >= 11 is 0. The normalized spacial score (nSPS) is 15.0. The summed E-state index contributed by atoms with van der Waals surface area (Å²) in [5, 5.41) is 2.62. The lowest BCUT2D eigenvalue weighted by Crippen LogP contribution is -2.32. The maximum atomic E-state index is 12.9. The Hall–Kier alpha value is -2.38. The second-order valence-corrected chi connectivity index (χ2v) is 7.44. The quantitative estimate of drug-likeness (QED) is 0.925. The highest BCUT2D eigenvalue weighted by molar-refractivity contribution is 7.89. The number of anilines is 1. The standard InChI is InChI=1S/C17H18N2O4S/c1-13(20)18-15-6-8-16(9-7-15)24(21,22)19-10-11-23-17-5-3-2-4-14(17)12-19/h2-9H,10-12H2,1H3,(H,18,20). The van der Waals surface area contributed by atoms with E-state index in [4.69, 9.17) is 4.74 Å². The average molecular weight is 346 g/mol. The summed E-state index contributed by atoms with van der Waals surface area (Å²) in [7, 11) is -3.63. The molecule has 126 valence electrons. The van der Waals surface area contributed by atoms with Crippen molar-refractivity contribution in [2.24, 2.45) is 0 Å². The molecule has 6 nitrogen and oxygen atoms in total. The molecule has 0 unspecified atom stereocenters. The fourth-order valence-electron chi connectivity index (χ4n) is 2.57. The van der Waals surface area contributed by atoms with Gasteiger partial charge in [0, 0.05) is 31.3 Å². The third-order valence-electron chi connectivity index (χ3n) is 3.73. The topological polar surface area (TPSA) is 75.7 Å². The summed E-state index contributed by atoms with van der Waals surface area (Å²) in [6, 6.07) is 13.6. The number of carbonyl (C=O) groups is 1. The van der Waals surface area contributed by atoms with Crippen molar-refractivity contribution in [1.82, 2.24) is 4.31 Å². The molecule has 0 saturated carbocycles. The van der Waals surface area contributed by atoms with Gasteiger partial charge in [-0.15, -0.1) is 0 Å². The second-order valence-electron chi connectivity index (χ2n) is 5.50. The zero-order valence-electron chi connectivity index (χ0n) is 13.2. The SMILES string of the molecule is CC(=O)Nc1ccc(S(=O)(=O)N2CCOc3ccccc3C2)cc1. The van der Waals surface area contributed by atoms with Gasteiger partial charge in [0.2, 0.25) is 15.9 Å². The molecule has 0 bridgehead atoms. The minimum absolute atomic E-state index is 0.191. The van der Waals surface area contributed by atoms with E-state index in [0.717, 1.165) is 11.3 Å². The van der Waals surface area contributed by atoms with E-state index >= 15 is 0 Å². The number of hydrogen-bond donors (Lipinski definition) is 1. The first-order valence-electron chi connectivity index (χ1n) is 7.55. The number of nitrogens with zero attached hydrogens (tertiary/aromatic N) is 1. The molecule has 1 N–H and O–H groups in total. The Balaban J connectivity index is 1.86. The molecule has 1 heterocycles. The molecule has 0 radical (unpaired) electrons. The summed E-state index contributed by atoms with van der Waals surface area (Å²) < 4.78 is 32.8. The van der Waals surface area contributed by atoms with Gasteiger partial charge < -0.3 is 10.1 Å². The summed E-state index contributed by atoms with van der Waals surface area (Å²) in [5.74, 6) is 0.517. The van der Waals surface area contributed by atoms with Crippen LogP contribution in [0.15, 0.2) is 53.4 Å². The highest BCUT2D eigenvalue weighted by atomic mass is 32.2. The lowest BCUT2D eigenvalue weighted by atomic mass is 10.2. The zero-order chi connectivity index (χ0) is 17.2. The van der Waals surface area contributed by atoms with Crippen molar-refractivity contribution in [1.29, 1.82) is 0 Å². The number of benzene rings is 2. The molecule has 0 spiro atoms. The molecule has 0 fully saturated rings. The van der Waals surface area contributed by atoms with Gasteiger partial charge in [-0.05, 0) is 30.3 Å². The molecule has 7 heteroatoms. The van der Waals surface area contributed by atoms with E-state index in [0.29, 0.717) is 12.3 Å². The lowest BCUT2D eigenvalue weighted by Gasteiger charge is -2.19. The van der Waals surface area contributed by atoms with Crippen molar-refractivity contribution < 1.29 is 17.9 Å². The number of ether oxygens (including phenoxy) is 1. The van der Waals surface area contributed by atoms with Crippen molar-refractivity contribution in [3.05, 3.63) is 54.1 Å². The van der Waals surface area contributed by atoms with Crippen molar-refractivity contribution in [2.45, 2.75) is 18.4 Å². The van der Waals surface area contributed by atoms with E-state index in [1.807, 2.05) is 24.3 Å². The molecule has 1 aliphatic heterocycles. The molecule has 24 heavy (non-hydrogen) atoms. The zero-order valence-corrected chi connectivity index (χ0v) is 14.0. The number of rotatable bonds is 3. The molecule has 1 aliphatic rings. The second kappa shape index (κ2) is 6.62. The van der Waals surface area contributed by atoms with E-state index in [-0.39, 0.29) is 23.9 Å². The number of nitrogens with one attached hydrogen (secondary N) is 1. The van der Waals surface area contributed by atoms with Crippen LogP contribution < -0.4 is 10.1 Å². The van der Waals surface area contributed by atoms with Crippen molar-refractivity contribution in [3.8, 4) is 5.75 Å². The maximum absolute atomic E-state index is 12.9. The Morgan fingerprint density at radius 3 is 2.54 bits per heavy atom. The maximum Gasteiger partial charge on any atom is 0.243 e. The van der Waals surface area contributed by atoms with Gasteiger partial charge in [0.05, 0.1) is 4.90 Å². The fourth-order valence-corrected chi connectivity index (χ4v) is 3.97. The largest absolute Gasteiger partial charge is 0.492 e. The Bertz CT molecular complexity index is 847. The van der Waals surface area contributed by atoms with E-state index in [9.17, 15) is 13.2 Å². The minimum Gasteiger partial charge on any atom is -0.492 e. The highest BCUT2D eigenvalue weighted by Gasteiger charge is 2.27. The number of carbonyl (C=O) groups excluding carboxylic acids is 1. The van der Waals surface area contributed by atoms with Gasteiger partial charge >= 0.3 is 0 Å². The number of fused-ring (bicyclic) bond motifs is 1. The van der Waals surface area contributed by atoms with Crippen LogP contribution in [0, 0.1) is 0 Å². The molecule has 1 amide bonds. The first kappa shape index (κ1) is 16.5. The predicted molar refractivity (Wildman–Crippen MR) is 90.3 cm³/mol. The summed E-state index contributed by atoms with van der Waals surface area (Å²) in [4.78, 5) is 11.2. The van der Waals surface area contributed by atoms with Crippen LogP contribution in [0.1, 0.15) is 12.5 Å². The molecule has 0 saturated heterocycles. The lowest BCUT2D eigenvalue weighted by molar-refractivity contribution is -0.114. The summed E-state index contributed by atoms with van der Waals surface area (Å²) in [5.41, 5.74) is 1.40. The summed E-state index contributed by atoms with van der Waals surface area (Å²) in [6.07, 6.45) is 0. The van der Waals surface area contributed by atoms with Crippen LogP contribution in [-0.2, 0) is 21.4 Å². The van der Waals surface area contributed by atoms with Crippen molar-refractivity contribution in [3.63, 3.8) is 0 Å². The Labute approximate surface area is 141 Å². The average Bonchev–Trinajstić information content (AvgIpc) is 2.77. The molecule has 0 atom stereocenters. The number of sulfonamides is 1. The third-order valence-corrected chi connectivity index (χ3v) is 5.59. The van der Waals surface area contributed by atoms with Crippen LogP contribution in [-0.4, -0.2) is 31.8 Å². The van der Waals surface area contributed by atoms with Gasteiger partial charge in [-0.2, -0.15) is 4.31 Å². The molecule has 2 aromatic carbocycles. The van der Waals surface area contributed by atoms with Crippen LogP contribution in [0.4, 0.5) is 5.69 Å². The number of hydrogen-bond acceptors (Lipinski definition) is 4. The third kappa shape index (κ3) is 3.42. The smallest absolute Gasteiger partial charge is 0.243 e. The monoisotopic (exact) mass is 346 g/mol. The highest BCUT2D eigenvalue weighted by Crippen LogP contribution is 2.26. The predicted octanol–water partition coefficient (Wildman–Crippen LogP) is 2.23. The van der Waals surface area contributed by atoms with Crippen molar-refractivity contribution >= 4 is 21.6 Å². The van der Waals surface area contributed by atoms with Crippen LogP contribution in [0.5, 0.6) is 5.75 Å². The van der Waals surface area contributed by atoms with Gasteiger partial charge in [-0.1, -0.05) is 18.2 Å². The molecular weight excluding hydrogens is 328 g/mol. The van der Waals surface area contributed by atoms with Crippen LogP contribution in [0.3, 0.4) is 0 Å². The van der Waals surface area contributed by atoms with E-state index in [1.165, 1.54) is 23.4 Å². The molecule has 2 aromatic rings. The van der Waals surface area contributed by atoms with Gasteiger partial charge in [0.15, 0.2) is 0 Å². The summed E-state index contributed by atoms with van der Waals surface area (Å²) in [6.45, 7) is 2.26. The van der Waals surface area contributed by atoms with Crippen molar-refractivity contribution in [2.75, 3.05) is 18.5 Å². The van der Waals surface area contributed by atoms with E-state index < -0.39 is 10.0 Å².